The molecular weight excluding hydrogens is 417 g/mol. The van der Waals surface area contributed by atoms with Gasteiger partial charge >= 0.3 is 0 Å². The van der Waals surface area contributed by atoms with Gasteiger partial charge in [-0.3, -0.25) is 4.79 Å². The van der Waals surface area contributed by atoms with Crippen molar-refractivity contribution in [2.75, 3.05) is 12.4 Å². The zero-order chi connectivity index (χ0) is 18.3. The smallest absolute Gasteiger partial charge is 0.225 e. The quantitative estimate of drug-likeness (QED) is 0.568. The molecule has 1 amide bonds. The number of carbonyl (C=O) groups is 1. The molecule has 6 heteroatoms. The predicted octanol–water partition coefficient (Wildman–Crippen LogP) is 5.80. The summed E-state index contributed by atoms with van der Waals surface area (Å²) < 4.78 is 20.4. The van der Waals surface area contributed by atoms with Crippen molar-refractivity contribution in [3.63, 3.8) is 0 Å². The Kier molecular flexibility index (Phi) is 4.54. The molecule has 0 radical (unpaired) electrons. The second kappa shape index (κ2) is 6.85. The van der Waals surface area contributed by atoms with Crippen LogP contribution in [-0.4, -0.2) is 13.0 Å². The zero-order valence-electron chi connectivity index (χ0n) is 13.9. The van der Waals surface area contributed by atoms with Crippen LogP contribution in [0.3, 0.4) is 0 Å². The minimum atomic E-state index is -0.293. The van der Waals surface area contributed by atoms with Crippen LogP contribution in [0.5, 0.6) is 5.75 Å². The fourth-order valence-corrected chi connectivity index (χ4v) is 4.77. The van der Waals surface area contributed by atoms with E-state index in [-0.39, 0.29) is 24.1 Å². The molecule has 0 unspecified atom stereocenters. The fraction of sp³-hybridized carbons (Fsp3) is 0.150. The summed E-state index contributed by atoms with van der Waals surface area (Å²) in [4.78, 5) is 13.3. The summed E-state index contributed by atoms with van der Waals surface area (Å²) in [7, 11) is 1.62. The van der Waals surface area contributed by atoms with E-state index in [9.17, 15) is 9.18 Å². The minimum absolute atomic E-state index is 0.102. The first-order valence-electron chi connectivity index (χ1n) is 8.07. The van der Waals surface area contributed by atoms with Crippen LogP contribution in [0.4, 0.5) is 10.1 Å². The molecule has 0 bridgehead atoms. The Morgan fingerprint density at radius 3 is 2.73 bits per heavy atom. The lowest BCUT2D eigenvalue weighted by Gasteiger charge is -2.24. The van der Waals surface area contributed by atoms with Crippen molar-refractivity contribution in [1.82, 2.24) is 0 Å². The molecule has 1 atom stereocenters. The van der Waals surface area contributed by atoms with Crippen molar-refractivity contribution in [3.05, 3.63) is 68.6 Å². The lowest BCUT2D eigenvalue weighted by molar-refractivity contribution is -0.116. The van der Waals surface area contributed by atoms with Gasteiger partial charge in [0.1, 0.15) is 11.6 Å². The number of fused-ring (bicyclic) bond motifs is 1. The van der Waals surface area contributed by atoms with E-state index in [1.54, 1.807) is 30.6 Å². The molecule has 2 heterocycles. The van der Waals surface area contributed by atoms with E-state index in [1.165, 1.54) is 6.07 Å². The second-order valence-corrected chi connectivity index (χ2v) is 7.91. The molecule has 1 aromatic heterocycles. The van der Waals surface area contributed by atoms with Gasteiger partial charge in [-0.2, -0.15) is 0 Å². The Labute approximate surface area is 162 Å². The number of carbonyl (C=O) groups excluding carboxylic acids is 1. The molecule has 0 fully saturated rings. The molecule has 1 aliphatic rings. The molecule has 26 heavy (non-hydrogen) atoms. The number of amides is 1. The summed E-state index contributed by atoms with van der Waals surface area (Å²) in [5.41, 5.74) is 3.25. The highest BCUT2D eigenvalue weighted by molar-refractivity contribution is 9.10. The maximum atomic E-state index is 14.4. The summed E-state index contributed by atoms with van der Waals surface area (Å²) in [5.74, 6) is 0.0949. The number of benzene rings is 2. The highest BCUT2D eigenvalue weighted by Gasteiger charge is 2.32. The van der Waals surface area contributed by atoms with Gasteiger partial charge in [-0.05, 0) is 41.5 Å². The highest BCUT2D eigenvalue weighted by Crippen LogP contribution is 2.47. The van der Waals surface area contributed by atoms with Crippen LogP contribution in [0, 0.1) is 5.82 Å². The molecule has 0 spiro atoms. The molecule has 1 N–H and O–H groups in total. The monoisotopic (exact) mass is 431 g/mol. The van der Waals surface area contributed by atoms with Crippen LogP contribution < -0.4 is 10.1 Å². The van der Waals surface area contributed by atoms with Gasteiger partial charge in [-0.15, -0.1) is 11.3 Å². The minimum Gasteiger partial charge on any atom is -0.497 e. The second-order valence-electron chi connectivity index (χ2n) is 6.09. The Morgan fingerprint density at radius 2 is 2.00 bits per heavy atom. The average molecular weight is 432 g/mol. The Bertz CT molecular complexity index is 984. The molecule has 1 aliphatic heterocycles. The van der Waals surface area contributed by atoms with E-state index in [1.807, 2.05) is 29.6 Å². The van der Waals surface area contributed by atoms with Crippen LogP contribution in [0.15, 0.2) is 52.3 Å². The van der Waals surface area contributed by atoms with Gasteiger partial charge in [-0.25, -0.2) is 4.39 Å². The van der Waals surface area contributed by atoms with Crippen molar-refractivity contribution < 1.29 is 13.9 Å². The SMILES string of the molecule is COc1ccc(-c2csc3c2NC(=O)C[C@@H]3c2cc(Br)ccc2F)cc1. The van der Waals surface area contributed by atoms with Crippen molar-refractivity contribution >= 4 is 38.9 Å². The van der Waals surface area contributed by atoms with Gasteiger partial charge in [0.05, 0.1) is 12.8 Å². The van der Waals surface area contributed by atoms with E-state index in [0.717, 1.165) is 31.9 Å². The Morgan fingerprint density at radius 1 is 1.23 bits per heavy atom. The zero-order valence-corrected chi connectivity index (χ0v) is 16.3. The van der Waals surface area contributed by atoms with E-state index in [0.29, 0.717) is 5.56 Å². The van der Waals surface area contributed by atoms with Gasteiger partial charge in [0, 0.05) is 32.6 Å². The van der Waals surface area contributed by atoms with Gasteiger partial charge < -0.3 is 10.1 Å². The third-order valence-electron chi connectivity index (χ3n) is 4.52. The molecule has 2 aromatic carbocycles. The molecule has 0 saturated carbocycles. The lowest BCUT2D eigenvalue weighted by atomic mass is 9.89. The number of thiophene rings is 1. The first-order valence-corrected chi connectivity index (χ1v) is 9.74. The third kappa shape index (κ3) is 3.04. The number of hydrogen-bond donors (Lipinski definition) is 1. The van der Waals surface area contributed by atoms with Crippen molar-refractivity contribution in [2.45, 2.75) is 12.3 Å². The summed E-state index contributed by atoms with van der Waals surface area (Å²) in [6.07, 6.45) is 0.239. The molecule has 3 nitrogen and oxygen atoms in total. The van der Waals surface area contributed by atoms with Crippen molar-refractivity contribution in [1.29, 1.82) is 0 Å². The predicted molar refractivity (Wildman–Crippen MR) is 105 cm³/mol. The Hall–Kier alpha value is -2.18. The van der Waals surface area contributed by atoms with E-state index in [2.05, 4.69) is 21.2 Å². The first-order chi connectivity index (χ1) is 12.6. The molecule has 3 aromatic rings. The van der Waals surface area contributed by atoms with Crippen LogP contribution in [0.1, 0.15) is 22.8 Å². The maximum absolute atomic E-state index is 14.4. The normalized spacial score (nSPS) is 16.1. The van der Waals surface area contributed by atoms with Gasteiger partial charge in [0.15, 0.2) is 0 Å². The van der Waals surface area contributed by atoms with Crippen LogP contribution in [0.25, 0.3) is 11.1 Å². The molecule has 0 saturated heterocycles. The summed E-state index contributed by atoms with van der Waals surface area (Å²) >= 11 is 4.95. The number of anilines is 1. The number of hydrogen-bond acceptors (Lipinski definition) is 3. The highest BCUT2D eigenvalue weighted by atomic mass is 79.9. The van der Waals surface area contributed by atoms with E-state index >= 15 is 0 Å². The molecule has 132 valence electrons. The van der Waals surface area contributed by atoms with E-state index in [4.69, 9.17) is 4.74 Å². The maximum Gasteiger partial charge on any atom is 0.225 e. The number of methoxy groups -OCH3 is 1. The standard InChI is InChI=1S/C20H15BrFNO2S/c1-25-13-5-2-11(3-6-13)16-10-26-20-15(9-18(24)23-19(16)20)14-8-12(21)4-7-17(14)22/h2-8,10,15H,9H2,1H3,(H,23,24)/t15-/m1/s1. The average Bonchev–Trinajstić information content (AvgIpc) is 3.07. The summed E-state index contributed by atoms with van der Waals surface area (Å²) in [5, 5.41) is 4.99. The number of rotatable bonds is 3. The molecular formula is C20H15BrFNO2S. The number of nitrogens with one attached hydrogen (secondary N) is 1. The lowest BCUT2D eigenvalue weighted by Crippen LogP contribution is -2.23. The largest absolute Gasteiger partial charge is 0.497 e. The molecule has 0 aliphatic carbocycles. The van der Waals surface area contributed by atoms with Gasteiger partial charge in [0.25, 0.3) is 0 Å². The topological polar surface area (TPSA) is 38.3 Å². The first kappa shape index (κ1) is 17.2. The molecule has 4 rings (SSSR count). The van der Waals surface area contributed by atoms with Crippen LogP contribution >= 0.6 is 27.3 Å². The Balaban J connectivity index is 1.81. The summed E-state index contributed by atoms with van der Waals surface area (Å²) in [6.45, 7) is 0. The van der Waals surface area contributed by atoms with Crippen LogP contribution in [0.2, 0.25) is 0 Å². The van der Waals surface area contributed by atoms with Crippen molar-refractivity contribution in [3.8, 4) is 16.9 Å². The van der Waals surface area contributed by atoms with Gasteiger partial charge in [0.2, 0.25) is 5.91 Å². The van der Waals surface area contributed by atoms with Gasteiger partial charge in [-0.1, -0.05) is 28.1 Å². The summed E-state index contributed by atoms with van der Waals surface area (Å²) in [6, 6.07) is 12.5. The van der Waals surface area contributed by atoms with Crippen LogP contribution in [-0.2, 0) is 4.79 Å². The third-order valence-corrected chi connectivity index (χ3v) is 6.11. The van der Waals surface area contributed by atoms with Crippen molar-refractivity contribution in [2.24, 2.45) is 0 Å². The number of ether oxygens (including phenoxy) is 1. The van der Waals surface area contributed by atoms with E-state index < -0.39 is 0 Å². The number of halogens is 2. The fourth-order valence-electron chi connectivity index (χ4n) is 3.24.